The van der Waals surface area contributed by atoms with Gasteiger partial charge in [-0.2, -0.15) is 0 Å². The fraction of sp³-hybridized carbons (Fsp3) is 1.00. The van der Waals surface area contributed by atoms with E-state index in [2.05, 4.69) is 31.1 Å². The lowest BCUT2D eigenvalue weighted by Gasteiger charge is -2.43. The average Bonchev–Trinajstić information content (AvgIpc) is 2.49. The maximum Gasteiger partial charge on any atom is 0.0472 e. The highest BCUT2D eigenvalue weighted by Crippen LogP contribution is 2.33. The zero-order valence-corrected chi connectivity index (χ0v) is 14.5. The van der Waals surface area contributed by atoms with Crippen LogP contribution < -0.4 is 5.32 Å². The third-order valence-corrected chi connectivity index (χ3v) is 5.67. The molecule has 1 saturated carbocycles. The first-order valence-electron chi connectivity index (χ1n) is 9.14. The Morgan fingerprint density at radius 1 is 1.14 bits per heavy atom. The summed E-state index contributed by atoms with van der Waals surface area (Å²) in [5.74, 6) is 0.943. The van der Waals surface area contributed by atoms with E-state index in [-0.39, 0.29) is 0 Å². The highest BCUT2D eigenvalue weighted by molar-refractivity contribution is 4.89. The molecule has 2 fully saturated rings. The number of rotatable bonds is 7. The molecular weight excluding hydrogens is 260 g/mol. The molecule has 0 aromatic heterocycles. The molecule has 1 aliphatic carbocycles. The van der Waals surface area contributed by atoms with Crippen molar-refractivity contribution in [2.45, 2.75) is 64.8 Å². The molecule has 0 radical (unpaired) electrons. The van der Waals surface area contributed by atoms with Gasteiger partial charge < -0.3 is 15.0 Å². The lowest BCUT2D eigenvalue weighted by molar-refractivity contribution is -0.0101. The maximum absolute atomic E-state index is 5.63. The van der Waals surface area contributed by atoms with Gasteiger partial charge in [0.1, 0.15) is 0 Å². The van der Waals surface area contributed by atoms with Crippen molar-refractivity contribution in [2.75, 3.05) is 39.9 Å². The minimum Gasteiger partial charge on any atom is -0.381 e. The molecule has 124 valence electrons. The van der Waals surface area contributed by atoms with Crippen molar-refractivity contribution >= 4 is 0 Å². The van der Waals surface area contributed by atoms with Crippen LogP contribution in [0.5, 0.6) is 0 Å². The second-order valence-corrected chi connectivity index (χ2v) is 7.62. The van der Waals surface area contributed by atoms with Crippen molar-refractivity contribution in [1.82, 2.24) is 10.2 Å². The molecule has 0 aromatic rings. The Bertz CT molecular complexity index is 281. The van der Waals surface area contributed by atoms with Crippen LogP contribution in [0.2, 0.25) is 0 Å². The third kappa shape index (κ3) is 5.22. The average molecular weight is 296 g/mol. The van der Waals surface area contributed by atoms with Crippen LogP contribution in [0.1, 0.15) is 58.8 Å². The van der Waals surface area contributed by atoms with Crippen molar-refractivity contribution < 1.29 is 4.74 Å². The van der Waals surface area contributed by atoms with E-state index in [1.807, 2.05) is 0 Å². The maximum atomic E-state index is 5.63. The van der Waals surface area contributed by atoms with Crippen LogP contribution in [0, 0.1) is 11.3 Å². The van der Waals surface area contributed by atoms with E-state index < -0.39 is 0 Å². The summed E-state index contributed by atoms with van der Waals surface area (Å²) in [6.07, 6.45) is 9.29. The Hall–Kier alpha value is -0.120. The van der Waals surface area contributed by atoms with Gasteiger partial charge in [0.2, 0.25) is 0 Å². The van der Waals surface area contributed by atoms with Gasteiger partial charge >= 0.3 is 0 Å². The summed E-state index contributed by atoms with van der Waals surface area (Å²) in [6.45, 7) is 10.1. The van der Waals surface area contributed by atoms with E-state index in [4.69, 9.17) is 4.74 Å². The van der Waals surface area contributed by atoms with E-state index in [0.717, 1.165) is 38.3 Å². The smallest absolute Gasteiger partial charge is 0.0472 e. The van der Waals surface area contributed by atoms with Crippen molar-refractivity contribution in [2.24, 2.45) is 11.3 Å². The number of nitrogens with one attached hydrogen (secondary N) is 1. The van der Waals surface area contributed by atoms with Gasteiger partial charge in [0, 0.05) is 32.3 Å². The van der Waals surface area contributed by atoms with Gasteiger partial charge in [0.15, 0.2) is 0 Å². The molecule has 0 unspecified atom stereocenters. The third-order valence-electron chi connectivity index (χ3n) is 5.67. The van der Waals surface area contributed by atoms with E-state index in [1.165, 1.54) is 51.5 Å². The SMILES string of the molecule is CCCNCC1(CN(C)C2CCC(C)CC2)CCOCC1. The minimum atomic E-state index is 0.436. The summed E-state index contributed by atoms with van der Waals surface area (Å²) in [6, 6.07) is 0.812. The van der Waals surface area contributed by atoms with Crippen LogP contribution in [0.3, 0.4) is 0 Å². The highest BCUT2D eigenvalue weighted by atomic mass is 16.5. The fourth-order valence-electron chi connectivity index (χ4n) is 4.07. The quantitative estimate of drug-likeness (QED) is 0.730. The Balaban J connectivity index is 1.87. The summed E-state index contributed by atoms with van der Waals surface area (Å²) in [7, 11) is 2.36. The first-order chi connectivity index (χ1) is 10.2. The van der Waals surface area contributed by atoms with E-state index >= 15 is 0 Å². The zero-order chi connectivity index (χ0) is 15.1. The first-order valence-corrected chi connectivity index (χ1v) is 9.14. The van der Waals surface area contributed by atoms with Gasteiger partial charge in [-0.3, -0.25) is 0 Å². The molecule has 1 aliphatic heterocycles. The van der Waals surface area contributed by atoms with E-state index in [0.29, 0.717) is 5.41 Å². The van der Waals surface area contributed by atoms with Crippen molar-refractivity contribution in [3.05, 3.63) is 0 Å². The molecule has 0 aromatic carbocycles. The Morgan fingerprint density at radius 2 is 1.81 bits per heavy atom. The number of hydrogen-bond acceptors (Lipinski definition) is 3. The molecule has 0 spiro atoms. The summed E-state index contributed by atoms with van der Waals surface area (Å²) >= 11 is 0. The van der Waals surface area contributed by atoms with Crippen LogP contribution in [-0.4, -0.2) is 50.8 Å². The molecule has 1 N–H and O–H groups in total. The van der Waals surface area contributed by atoms with Crippen LogP contribution >= 0.6 is 0 Å². The van der Waals surface area contributed by atoms with E-state index in [9.17, 15) is 0 Å². The van der Waals surface area contributed by atoms with Gasteiger partial charge in [-0.15, -0.1) is 0 Å². The molecule has 21 heavy (non-hydrogen) atoms. The predicted molar refractivity (Wildman–Crippen MR) is 89.7 cm³/mol. The van der Waals surface area contributed by atoms with Gasteiger partial charge in [0.25, 0.3) is 0 Å². The largest absolute Gasteiger partial charge is 0.381 e. The Kier molecular flexibility index (Phi) is 6.97. The molecule has 1 heterocycles. The van der Waals surface area contributed by atoms with Crippen molar-refractivity contribution in [1.29, 1.82) is 0 Å². The molecule has 1 saturated heterocycles. The standard InChI is InChI=1S/C18H36N2O/c1-4-11-19-14-18(9-12-21-13-10-18)15-20(3)17-7-5-16(2)6-8-17/h16-17,19H,4-15H2,1-3H3. The molecule has 3 heteroatoms. The zero-order valence-electron chi connectivity index (χ0n) is 14.5. The van der Waals surface area contributed by atoms with Gasteiger partial charge in [-0.1, -0.05) is 13.8 Å². The Morgan fingerprint density at radius 3 is 2.43 bits per heavy atom. The lowest BCUT2D eigenvalue weighted by atomic mass is 9.78. The highest BCUT2D eigenvalue weighted by Gasteiger charge is 2.35. The first kappa shape index (κ1) is 17.2. The second-order valence-electron chi connectivity index (χ2n) is 7.62. The monoisotopic (exact) mass is 296 g/mol. The summed E-state index contributed by atoms with van der Waals surface area (Å²) in [5.41, 5.74) is 0.436. The predicted octanol–water partition coefficient (Wildman–Crippen LogP) is 3.29. The fourth-order valence-corrected chi connectivity index (χ4v) is 4.07. The minimum absolute atomic E-state index is 0.436. The van der Waals surface area contributed by atoms with Crippen molar-refractivity contribution in [3.63, 3.8) is 0 Å². The summed E-state index contributed by atoms with van der Waals surface area (Å²) in [4.78, 5) is 2.67. The molecule has 2 aliphatic rings. The second kappa shape index (κ2) is 8.50. The summed E-state index contributed by atoms with van der Waals surface area (Å²) in [5, 5.41) is 3.68. The molecule has 0 amide bonds. The van der Waals surface area contributed by atoms with Crippen LogP contribution in [0.25, 0.3) is 0 Å². The van der Waals surface area contributed by atoms with Gasteiger partial charge in [-0.05, 0) is 69.9 Å². The van der Waals surface area contributed by atoms with Crippen LogP contribution in [0.15, 0.2) is 0 Å². The molecule has 3 nitrogen and oxygen atoms in total. The van der Waals surface area contributed by atoms with Crippen molar-refractivity contribution in [3.8, 4) is 0 Å². The normalized spacial score (nSPS) is 29.7. The summed E-state index contributed by atoms with van der Waals surface area (Å²) < 4.78 is 5.63. The Labute approximate surface area is 131 Å². The number of ether oxygens (including phenoxy) is 1. The van der Waals surface area contributed by atoms with Gasteiger partial charge in [-0.25, -0.2) is 0 Å². The molecule has 0 atom stereocenters. The lowest BCUT2D eigenvalue weighted by Crippen LogP contribution is -2.49. The number of hydrogen-bond donors (Lipinski definition) is 1. The molecule has 0 bridgehead atoms. The topological polar surface area (TPSA) is 24.5 Å². The van der Waals surface area contributed by atoms with Crippen LogP contribution in [-0.2, 0) is 4.74 Å². The van der Waals surface area contributed by atoms with Gasteiger partial charge in [0.05, 0.1) is 0 Å². The van der Waals surface area contributed by atoms with E-state index in [1.54, 1.807) is 0 Å². The van der Waals surface area contributed by atoms with Crippen LogP contribution in [0.4, 0.5) is 0 Å². The number of nitrogens with zero attached hydrogens (tertiary/aromatic N) is 1. The molecule has 2 rings (SSSR count). The molecular formula is C18H36N2O.